The van der Waals surface area contributed by atoms with Crippen LogP contribution in [0.5, 0.6) is 6.01 Å². The molecule has 2 aromatic heterocycles. The lowest BCUT2D eigenvalue weighted by molar-refractivity contribution is -0.0128. The third-order valence-corrected chi connectivity index (χ3v) is 7.46. The van der Waals surface area contributed by atoms with Gasteiger partial charge < -0.3 is 25.0 Å². The second-order valence-electron chi connectivity index (χ2n) is 10.9. The van der Waals surface area contributed by atoms with Gasteiger partial charge in [0, 0.05) is 73.4 Å². The highest BCUT2D eigenvalue weighted by atomic mass is 19.1. The molecule has 4 aromatic rings. The Bertz CT molecular complexity index is 1540. The molecule has 2 aliphatic heterocycles. The average molecular weight is 548 g/mol. The Morgan fingerprint density at radius 1 is 1.20 bits per heavy atom. The molecule has 2 aromatic carbocycles. The molecule has 210 valence electrons. The number of hydrogen-bond acceptors (Lipinski definition) is 8. The number of carbonyl (C=O) groups is 1. The molecule has 40 heavy (non-hydrogen) atoms. The molecule has 2 N–H and O–H groups in total. The molecule has 4 heterocycles. The summed E-state index contributed by atoms with van der Waals surface area (Å²) < 4.78 is 27.9. The number of aryl methyl sites for hydroxylation is 1. The molecule has 1 amide bonds. The normalized spacial score (nSPS) is 21.6. The molecule has 0 aliphatic carbocycles. The van der Waals surface area contributed by atoms with Crippen LogP contribution >= 0.6 is 0 Å². The van der Waals surface area contributed by atoms with Gasteiger partial charge in [0.05, 0.1) is 17.2 Å². The molecule has 2 aliphatic rings. The van der Waals surface area contributed by atoms with Crippen molar-refractivity contribution in [2.45, 2.75) is 51.3 Å². The van der Waals surface area contributed by atoms with Crippen LogP contribution in [0.1, 0.15) is 43.5 Å². The van der Waals surface area contributed by atoms with Gasteiger partial charge in [-0.25, -0.2) is 9.37 Å². The number of halogens is 1. The summed E-state index contributed by atoms with van der Waals surface area (Å²) >= 11 is 0. The van der Waals surface area contributed by atoms with Crippen LogP contribution in [0.3, 0.4) is 0 Å². The minimum Gasteiger partial charge on any atom is -0.461 e. The number of fused-ring (bicyclic) bond motifs is 2. The number of aromatic nitrogens is 4. The van der Waals surface area contributed by atoms with Crippen molar-refractivity contribution >= 4 is 39.1 Å². The zero-order valence-electron chi connectivity index (χ0n) is 23.0. The highest BCUT2D eigenvalue weighted by molar-refractivity contribution is 6.14. The summed E-state index contributed by atoms with van der Waals surface area (Å²) in [7, 11) is 1.73. The van der Waals surface area contributed by atoms with E-state index in [-0.39, 0.29) is 17.6 Å². The fourth-order valence-electron chi connectivity index (χ4n) is 5.73. The van der Waals surface area contributed by atoms with Gasteiger partial charge in [-0.2, -0.15) is 10.1 Å². The molecule has 3 unspecified atom stereocenters. The Hall–Kier alpha value is -3.83. The summed E-state index contributed by atoms with van der Waals surface area (Å²) in [4.78, 5) is 25.1. The number of piperazine rings is 1. The van der Waals surface area contributed by atoms with Crippen LogP contribution in [-0.2, 0) is 11.8 Å². The van der Waals surface area contributed by atoms with Crippen LogP contribution < -0.4 is 20.3 Å². The Morgan fingerprint density at radius 3 is 2.80 bits per heavy atom. The lowest BCUT2D eigenvalue weighted by atomic mass is 10.0. The van der Waals surface area contributed by atoms with Gasteiger partial charge in [0.2, 0.25) is 0 Å². The van der Waals surface area contributed by atoms with Crippen LogP contribution in [0.25, 0.3) is 21.8 Å². The van der Waals surface area contributed by atoms with E-state index >= 15 is 0 Å². The van der Waals surface area contributed by atoms with Gasteiger partial charge in [-0.05, 0) is 57.4 Å². The van der Waals surface area contributed by atoms with E-state index in [9.17, 15) is 9.18 Å². The molecule has 11 heteroatoms. The number of hydrogen-bond donors (Lipinski definition) is 2. The van der Waals surface area contributed by atoms with Crippen molar-refractivity contribution in [1.82, 2.24) is 25.1 Å². The fraction of sp³-hybridized carbons (Fsp3) is 0.448. The van der Waals surface area contributed by atoms with Crippen molar-refractivity contribution in [1.29, 1.82) is 0 Å². The van der Waals surface area contributed by atoms with E-state index in [1.54, 1.807) is 36.3 Å². The van der Waals surface area contributed by atoms with Gasteiger partial charge in [0.15, 0.2) is 5.82 Å². The van der Waals surface area contributed by atoms with Crippen LogP contribution in [0, 0.1) is 5.82 Å². The minimum atomic E-state index is -0.501. The molecule has 0 saturated carbocycles. The van der Waals surface area contributed by atoms with Crippen LogP contribution in [0.4, 0.5) is 15.8 Å². The Labute approximate surface area is 231 Å². The van der Waals surface area contributed by atoms with Gasteiger partial charge in [-0.15, -0.1) is 0 Å². The van der Waals surface area contributed by atoms with E-state index in [2.05, 4.69) is 39.5 Å². The number of rotatable bonds is 6. The third kappa shape index (κ3) is 5.44. The van der Waals surface area contributed by atoms with E-state index in [1.165, 1.54) is 6.07 Å². The predicted molar refractivity (Wildman–Crippen MR) is 152 cm³/mol. The predicted octanol–water partition coefficient (Wildman–Crippen LogP) is 4.04. The first-order valence-corrected chi connectivity index (χ1v) is 13.8. The maximum absolute atomic E-state index is 14.7. The number of nitrogens with one attached hydrogen (secondary N) is 2. The zero-order valence-corrected chi connectivity index (χ0v) is 23.0. The zero-order chi connectivity index (χ0) is 27.8. The maximum atomic E-state index is 14.7. The third-order valence-electron chi connectivity index (χ3n) is 7.46. The molecule has 10 nitrogen and oxygen atoms in total. The van der Waals surface area contributed by atoms with Crippen molar-refractivity contribution in [2.75, 3.05) is 36.5 Å². The number of benzene rings is 2. The monoisotopic (exact) mass is 547 g/mol. The number of ether oxygens (including phenoxy) is 2. The second-order valence-corrected chi connectivity index (χ2v) is 10.9. The van der Waals surface area contributed by atoms with Crippen molar-refractivity contribution in [3.05, 3.63) is 48.0 Å². The van der Waals surface area contributed by atoms with Crippen molar-refractivity contribution in [3.63, 3.8) is 0 Å². The van der Waals surface area contributed by atoms with Crippen molar-refractivity contribution < 1.29 is 18.7 Å². The number of amides is 1. The van der Waals surface area contributed by atoms with Crippen LogP contribution in [-0.4, -0.2) is 70.1 Å². The molecule has 0 radical (unpaired) electrons. The first kappa shape index (κ1) is 26.4. The van der Waals surface area contributed by atoms with Crippen molar-refractivity contribution in [3.8, 4) is 6.01 Å². The van der Waals surface area contributed by atoms with E-state index in [0.717, 1.165) is 50.0 Å². The van der Waals surface area contributed by atoms with E-state index in [0.29, 0.717) is 40.8 Å². The largest absolute Gasteiger partial charge is 0.461 e. The summed E-state index contributed by atoms with van der Waals surface area (Å²) in [5, 5.41) is 11.9. The molecular formula is C29H34FN7O3. The fourth-order valence-corrected chi connectivity index (χ4v) is 5.73. The van der Waals surface area contributed by atoms with E-state index in [4.69, 9.17) is 14.5 Å². The summed E-state index contributed by atoms with van der Waals surface area (Å²) in [6.45, 7) is 7.01. The van der Waals surface area contributed by atoms with Gasteiger partial charge in [-0.1, -0.05) is 0 Å². The molecule has 0 spiro atoms. The standard InChI is InChI=1S/C29H34FN7O3/c1-17-13-37(14-18(2)32-17)25-8-7-22(28(38)33-20-10-19-15-36(3)35-26(19)24(30)11-20)27-23(25)12-31-29(34-27)40-16-21-6-4-5-9-39-21/h7-8,10-12,15,17-18,21,32H,4-6,9,13-14,16H2,1-3H3,(H,33,38). The molecule has 2 fully saturated rings. The SMILES string of the molecule is CC1CN(c2ccc(C(=O)Nc3cc(F)c4nn(C)cc4c3)c3nc(OCC4CCCCO4)ncc23)CC(C)N1. The second kappa shape index (κ2) is 11.0. The van der Waals surface area contributed by atoms with Gasteiger partial charge in [-0.3, -0.25) is 9.48 Å². The summed E-state index contributed by atoms with van der Waals surface area (Å²) in [6.07, 6.45) is 6.54. The minimum absolute atomic E-state index is 0.00302. The molecule has 3 atom stereocenters. The Balaban J connectivity index is 1.34. The summed E-state index contributed by atoms with van der Waals surface area (Å²) in [5.74, 6) is -0.903. The number of carbonyl (C=O) groups excluding carboxylic acids is 1. The molecule has 6 rings (SSSR count). The highest BCUT2D eigenvalue weighted by Crippen LogP contribution is 2.31. The Kier molecular flexibility index (Phi) is 7.24. The van der Waals surface area contributed by atoms with Gasteiger partial charge >= 0.3 is 6.01 Å². The van der Waals surface area contributed by atoms with Crippen LogP contribution in [0.2, 0.25) is 0 Å². The van der Waals surface area contributed by atoms with Crippen LogP contribution in [0.15, 0.2) is 36.7 Å². The van der Waals surface area contributed by atoms with Crippen molar-refractivity contribution in [2.24, 2.45) is 7.05 Å². The maximum Gasteiger partial charge on any atom is 0.317 e. The number of nitrogens with zero attached hydrogens (tertiary/aromatic N) is 5. The van der Waals surface area contributed by atoms with Gasteiger partial charge in [0.1, 0.15) is 12.1 Å². The first-order chi connectivity index (χ1) is 19.3. The van der Waals surface area contributed by atoms with E-state index < -0.39 is 11.7 Å². The van der Waals surface area contributed by atoms with E-state index in [1.807, 2.05) is 6.07 Å². The highest BCUT2D eigenvalue weighted by Gasteiger charge is 2.25. The smallest absolute Gasteiger partial charge is 0.317 e. The lowest BCUT2D eigenvalue weighted by Gasteiger charge is -2.38. The topological polar surface area (TPSA) is 106 Å². The number of anilines is 2. The summed E-state index contributed by atoms with van der Waals surface area (Å²) in [5.41, 5.74) is 2.38. The summed E-state index contributed by atoms with van der Waals surface area (Å²) in [6, 6.07) is 7.49. The quantitative estimate of drug-likeness (QED) is 0.373. The molecular weight excluding hydrogens is 513 g/mol. The lowest BCUT2D eigenvalue weighted by Crippen LogP contribution is -2.54. The molecule has 0 bridgehead atoms. The molecule has 2 saturated heterocycles. The average Bonchev–Trinajstić information content (AvgIpc) is 3.32. The van der Waals surface area contributed by atoms with Gasteiger partial charge in [0.25, 0.3) is 5.91 Å². The Morgan fingerprint density at radius 2 is 2.02 bits per heavy atom. The first-order valence-electron chi connectivity index (χ1n) is 13.8.